The standard InChI is InChI=1S/C9H10F3N3O2/c10-9(11,12)4-14-8(17)15-7-3-5(16)1-2-6(7)13/h1-3,16H,4,13H2,(H2,14,15,17). The summed E-state index contributed by atoms with van der Waals surface area (Å²) in [5.74, 6) is -0.162. The zero-order valence-corrected chi connectivity index (χ0v) is 8.51. The van der Waals surface area contributed by atoms with Gasteiger partial charge in [0.25, 0.3) is 0 Å². The number of aromatic hydroxyl groups is 1. The smallest absolute Gasteiger partial charge is 0.405 e. The maximum Gasteiger partial charge on any atom is 0.405 e. The van der Waals surface area contributed by atoms with Crippen molar-refractivity contribution in [3.63, 3.8) is 0 Å². The number of phenols is 1. The third kappa shape index (κ3) is 4.49. The van der Waals surface area contributed by atoms with E-state index in [1.165, 1.54) is 12.1 Å². The van der Waals surface area contributed by atoms with Gasteiger partial charge in [0.2, 0.25) is 0 Å². The first-order chi connectivity index (χ1) is 7.78. The van der Waals surface area contributed by atoms with Crippen molar-refractivity contribution in [2.45, 2.75) is 6.18 Å². The Morgan fingerprint density at radius 2 is 2.06 bits per heavy atom. The molecule has 0 aromatic heterocycles. The van der Waals surface area contributed by atoms with Crippen LogP contribution in [0.5, 0.6) is 5.75 Å². The quantitative estimate of drug-likeness (QED) is 0.475. The molecule has 0 saturated heterocycles. The van der Waals surface area contributed by atoms with Gasteiger partial charge in [-0.2, -0.15) is 13.2 Å². The number of amides is 2. The Hall–Kier alpha value is -2.12. The molecule has 0 aliphatic carbocycles. The summed E-state index contributed by atoms with van der Waals surface area (Å²) in [6.45, 7) is -1.45. The zero-order valence-electron chi connectivity index (χ0n) is 8.51. The van der Waals surface area contributed by atoms with Crippen LogP contribution >= 0.6 is 0 Å². The Balaban J connectivity index is 2.59. The van der Waals surface area contributed by atoms with Crippen molar-refractivity contribution in [3.8, 4) is 5.75 Å². The summed E-state index contributed by atoms with van der Waals surface area (Å²) in [4.78, 5) is 11.1. The molecule has 0 fully saturated rings. The third-order valence-corrected chi connectivity index (χ3v) is 1.73. The van der Waals surface area contributed by atoms with Crippen molar-refractivity contribution in [2.24, 2.45) is 0 Å². The van der Waals surface area contributed by atoms with E-state index in [4.69, 9.17) is 10.8 Å². The highest BCUT2D eigenvalue weighted by Crippen LogP contribution is 2.23. The highest BCUT2D eigenvalue weighted by atomic mass is 19.4. The summed E-state index contributed by atoms with van der Waals surface area (Å²) < 4.78 is 35.4. The fourth-order valence-electron chi connectivity index (χ4n) is 1.000. The molecule has 0 spiro atoms. The lowest BCUT2D eigenvalue weighted by Gasteiger charge is -2.11. The fourth-order valence-corrected chi connectivity index (χ4v) is 1.000. The Morgan fingerprint density at radius 1 is 1.41 bits per heavy atom. The molecule has 0 aliphatic rings. The number of carbonyl (C=O) groups excluding carboxylic acids is 1. The first-order valence-electron chi connectivity index (χ1n) is 4.48. The molecule has 94 valence electrons. The van der Waals surface area contributed by atoms with Gasteiger partial charge in [-0.25, -0.2) is 4.79 Å². The Bertz CT molecular complexity index is 420. The second-order valence-corrected chi connectivity index (χ2v) is 3.19. The minimum absolute atomic E-state index is 0.0321. The van der Waals surface area contributed by atoms with Crippen LogP contribution in [0.2, 0.25) is 0 Å². The molecule has 0 radical (unpaired) electrons. The number of urea groups is 1. The number of anilines is 2. The molecule has 0 unspecified atom stereocenters. The lowest BCUT2D eigenvalue weighted by atomic mass is 10.2. The second kappa shape index (κ2) is 4.81. The van der Waals surface area contributed by atoms with Crippen LogP contribution in [-0.4, -0.2) is 23.9 Å². The van der Waals surface area contributed by atoms with Gasteiger partial charge in [0.15, 0.2) is 0 Å². The molecule has 17 heavy (non-hydrogen) atoms. The van der Waals surface area contributed by atoms with Crippen molar-refractivity contribution < 1.29 is 23.1 Å². The summed E-state index contributed by atoms with van der Waals surface area (Å²) in [5, 5.41) is 12.8. The van der Waals surface area contributed by atoms with Crippen LogP contribution in [0.1, 0.15) is 0 Å². The molecule has 5 nitrogen and oxygen atoms in total. The minimum atomic E-state index is -4.48. The van der Waals surface area contributed by atoms with Gasteiger partial charge in [0, 0.05) is 6.07 Å². The Kier molecular flexibility index (Phi) is 3.66. The molecule has 2 amide bonds. The van der Waals surface area contributed by atoms with Crippen molar-refractivity contribution in [1.82, 2.24) is 5.32 Å². The monoisotopic (exact) mass is 249 g/mol. The average molecular weight is 249 g/mol. The second-order valence-electron chi connectivity index (χ2n) is 3.19. The third-order valence-electron chi connectivity index (χ3n) is 1.73. The fraction of sp³-hybridized carbons (Fsp3) is 0.222. The highest BCUT2D eigenvalue weighted by Gasteiger charge is 2.27. The van der Waals surface area contributed by atoms with Gasteiger partial charge in [-0.15, -0.1) is 0 Å². The molecule has 0 atom stereocenters. The van der Waals surface area contributed by atoms with E-state index in [9.17, 15) is 18.0 Å². The molecule has 5 N–H and O–H groups in total. The number of carbonyl (C=O) groups is 1. The molecule has 0 aliphatic heterocycles. The zero-order chi connectivity index (χ0) is 13.1. The number of hydrogen-bond acceptors (Lipinski definition) is 3. The van der Waals surface area contributed by atoms with E-state index in [1.807, 2.05) is 0 Å². The van der Waals surface area contributed by atoms with E-state index in [2.05, 4.69) is 5.32 Å². The number of nitrogens with two attached hydrogens (primary N) is 1. The Morgan fingerprint density at radius 3 is 2.65 bits per heavy atom. The van der Waals surface area contributed by atoms with Crippen molar-refractivity contribution >= 4 is 17.4 Å². The number of nitrogens with one attached hydrogen (secondary N) is 2. The van der Waals surface area contributed by atoms with Crippen LogP contribution in [0.4, 0.5) is 29.3 Å². The summed E-state index contributed by atoms with van der Waals surface area (Å²) in [7, 11) is 0. The lowest BCUT2D eigenvalue weighted by Crippen LogP contribution is -2.36. The van der Waals surface area contributed by atoms with Gasteiger partial charge in [-0.05, 0) is 12.1 Å². The number of rotatable bonds is 2. The summed E-state index contributed by atoms with van der Waals surface area (Å²) >= 11 is 0. The molecule has 0 heterocycles. The normalized spacial score (nSPS) is 11.0. The molecule has 8 heteroatoms. The van der Waals surface area contributed by atoms with E-state index in [0.29, 0.717) is 0 Å². The maximum atomic E-state index is 11.8. The van der Waals surface area contributed by atoms with Gasteiger partial charge in [0.1, 0.15) is 12.3 Å². The van der Waals surface area contributed by atoms with E-state index in [0.717, 1.165) is 6.07 Å². The van der Waals surface area contributed by atoms with Crippen LogP contribution in [0.3, 0.4) is 0 Å². The molecule has 1 aromatic rings. The van der Waals surface area contributed by atoms with Gasteiger partial charge in [0.05, 0.1) is 11.4 Å². The molecule has 0 bridgehead atoms. The van der Waals surface area contributed by atoms with Crippen molar-refractivity contribution in [1.29, 1.82) is 0 Å². The molecular formula is C9H10F3N3O2. The van der Waals surface area contributed by atoms with E-state index >= 15 is 0 Å². The van der Waals surface area contributed by atoms with Crippen molar-refractivity contribution in [3.05, 3.63) is 18.2 Å². The predicted octanol–water partition coefficient (Wildman–Crippen LogP) is 1.66. The van der Waals surface area contributed by atoms with Crippen LogP contribution in [0, 0.1) is 0 Å². The van der Waals surface area contributed by atoms with Gasteiger partial charge >= 0.3 is 12.2 Å². The van der Waals surface area contributed by atoms with Crippen LogP contribution in [-0.2, 0) is 0 Å². The SMILES string of the molecule is Nc1ccc(O)cc1NC(=O)NCC(F)(F)F. The first-order valence-corrected chi connectivity index (χ1v) is 4.48. The van der Waals surface area contributed by atoms with Crippen molar-refractivity contribution in [2.75, 3.05) is 17.6 Å². The largest absolute Gasteiger partial charge is 0.508 e. The number of benzene rings is 1. The van der Waals surface area contributed by atoms with E-state index < -0.39 is 18.8 Å². The predicted molar refractivity (Wildman–Crippen MR) is 55.6 cm³/mol. The summed E-state index contributed by atoms with van der Waals surface area (Å²) in [5.41, 5.74) is 5.61. The number of hydrogen-bond donors (Lipinski definition) is 4. The van der Waals surface area contributed by atoms with Crippen LogP contribution in [0.25, 0.3) is 0 Å². The molecule has 1 rings (SSSR count). The number of phenolic OH excluding ortho intramolecular Hbond substituents is 1. The number of halogens is 3. The average Bonchev–Trinajstić information content (AvgIpc) is 2.20. The summed E-state index contributed by atoms with van der Waals surface area (Å²) in [6.07, 6.45) is -4.48. The Labute approximate surface area is 94.4 Å². The molecular weight excluding hydrogens is 239 g/mol. The number of alkyl halides is 3. The van der Waals surface area contributed by atoms with E-state index in [1.54, 1.807) is 5.32 Å². The lowest BCUT2D eigenvalue weighted by molar-refractivity contribution is -0.122. The topological polar surface area (TPSA) is 87.4 Å². The highest BCUT2D eigenvalue weighted by molar-refractivity contribution is 5.92. The van der Waals surface area contributed by atoms with Crippen LogP contribution in [0.15, 0.2) is 18.2 Å². The first kappa shape index (κ1) is 12.9. The number of nitrogen functional groups attached to an aromatic ring is 1. The molecule has 1 aromatic carbocycles. The molecule has 0 saturated carbocycles. The van der Waals surface area contributed by atoms with Gasteiger partial charge in [-0.3, -0.25) is 0 Å². The summed E-state index contributed by atoms with van der Waals surface area (Å²) in [6, 6.07) is 2.67. The van der Waals surface area contributed by atoms with Gasteiger partial charge < -0.3 is 21.5 Å². The van der Waals surface area contributed by atoms with Crippen LogP contribution < -0.4 is 16.4 Å². The van der Waals surface area contributed by atoms with Gasteiger partial charge in [-0.1, -0.05) is 0 Å². The maximum absolute atomic E-state index is 11.8. The van der Waals surface area contributed by atoms with E-state index in [-0.39, 0.29) is 17.1 Å². The minimum Gasteiger partial charge on any atom is -0.508 e.